The highest BCUT2D eigenvalue weighted by Gasteiger charge is 2.38. The van der Waals surface area contributed by atoms with Crippen molar-refractivity contribution in [1.29, 1.82) is 0 Å². The molecule has 0 aliphatic carbocycles. The van der Waals surface area contributed by atoms with Crippen LogP contribution in [0.25, 0.3) is 10.8 Å². The molecule has 0 amide bonds. The molecule has 3 aromatic carbocycles. The molecular formula is C24H25FO4. The molecule has 29 heavy (non-hydrogen) atoms. The van der Waals surface area contributed by atoms with E-state index in [-0.39, 0.29) is 11.9 Å². The van der Waals surface area contributed by atoms with Gasteiger partial charge in [-0.2, -0.15) is 0 Å². The Hall–Kier alpha value is -2.47. The van der Waals surface area contributed by atoms with E-state index in [0.29, 0.717) is 24.5 Å². The Balaban J connectivity index is 1.51. The highest BCUT2D eigenvalue weighted by atomic mass is 19.1. The molecule has 152 valence electrons. The SMILES string of the molecule is CO[C@H](c1cc(F)cc(OCc2ccc3ccccc3c2)c1)[C@H]1COC(C)(C)O1. The zero-order chi connectivity index (χ0) is 20.4. The maximum absolute atomic E-state index is 14.3. The molecular weight excluding hydrogens is 371 g/mol. The van der Waals surface area contributed by atoms with Crippen molar-refractivity contribution < 1.29 is 23.3 Å². The van der Waals surface area contributed by atoms with E-state index in [0.717, 1.165) is 10.9 Å². The summed E-state index contributed by atoms with van der Waals surface area (Å²) in [5.74, 6) is -0.603. The van der Waals surface area contributed by atoms with Gasteiger partial charge in [-0.15, -0.1) is 0 Å². The molecule has 0 saturated carbocycles. The summed E-state index contributed by atoms with van der Waals surface area (Å²) in [7, 11) is 1.58. The van der Waals surface area contributed by atoms with Crippen LogP contribution in [0.2, 0.25) is 0 Å². The van der Waals surface area contributed by atoms with Gasteiger partial charge >= 0.3 is 0 Å². The lowest BCUT2D eigenvalue weighted by Gasteiger charge is -2.24. The molecule has 1 fully saturated rings. The smallest absolute Gasteiger partial charge is 0.163 e. The van der Waals surface area contributed by atoms with Crippen molar-refractivity contribution in [3.63, 3.8) is 0 Å². The second kappa shape index (κ2) is 8.11. The van der Waals surface area contributed by atoms with E-state index in [1.165, 1.54) is 17.5 Å². The van der Waals surface area contributed by atoms with Crippen molar-refractivity contribution >= 4 is 10.8 Å². The zero-order valence-corrected chi connectivity index (χ0v) is 16.9. The van der Waals surface area contributed by atoms with E-state index in [4.69, 9.17) is 18.9 Å². The molecule has 4 rings (SSSR count). The maximum Gasteiger partial charge on any atom is 0.163 e. The summed E-state index contributed by atoms with van der Waals surface area (Å²) in [6, 6.07) is 18.9. The molecule has 3 aromatic rings. The lowest BCUT2D eigenvalue weighted by Crippen LogP contribution is -2.26. The summed E-state index contributed by atoms with van der Waals surface area (Å²) in [4.78, 5) is 0. The van der Waals surface area contributed by atoms with Crippen LogP contribution in [0.3, 0.4) is 0 Å². The molecule has 2 atom stereocenters. The number of hydrogen-bond acceptors (Lipinski definition) is 4. The minimum Gasteiger partial charge on any atom is -0.489 e. The fourth-order valence-corrected chi connectivity index (χ4v) is 3.69. The van der Waals surface area contributed by atoms with E-state index >= 15 is 0 Å². The molecule has 0 radical (unpaired) electrons. The second-order valence-electron chi connectivity index (χ2n) is 7.71. The third kappa shape index (κ3) is 4.58. The van der Waals surface area contributed by atoms with Crippen LogP contribution in [0.15, 0.2) is 60.7 Å². The molecule has 0 aromatic heterocycles. The summed E-state index contributed by atoms with van der Waals surface area (Å²) < 4.78 is 37.3. The van der Waals surface area contributed by atoms with Gasteiger partial charge in [-0.3, -0.25) is 0 Å². The first-order chi connectivity index (χ1) is 13.9. The Bertz CT molecular complexity index is 1000. The van der Waals surface area contributed by atoms with Gasteiger partial charge in [0, 0.05) is 13.2 Å². The molecule has 1 heterocycles. The Labute approximate surface area is 170 Å². The molecule has 1 saturated heterocycles. The molecule has 4 nitrogen and oxygen atoms in total. The fraction of sp³-hybridized carbons (Fsp3) is 0.333. The van der Waals surface area contributed by atoms with Gasteiger partial charge in [0.1, 0.15) is 30.4 Å². The lowest BCUT2D eigenvalue weighted by atomic mass is 10.0. The van der Waals surface area contributed by atoms with E-state index in [1.807, 2.05) is 32.0 Å². The van der Waals surface area contributed by atoms with Crippen LogP contribution in [-0.2, 0) is 20.8 Å². The van der Waals surface area contributed by atoms with Crippen LogP contribution in [0, 0.1) is 5.82 Å². The summed E-state index contributed by atoms with van der Waals surface area (Å²) in [5, 5.41) is 2.32. The number of hydrogen-bond donors (Lipinski definition) is 0. The Morgan fingerprint density at radius 2 is 1.86 bits per heavy atom. The van der Waals surface area contributed by atoms with E-state index in [9.17, 15) is 4.39 Å². The Morgan fingerprint density at radius 3 is 2.59 bits per heavy atom. The Kier molecular flexibility index (Phi) is 5.54. The Morgan fingerprint density at radius 1 is 1.07 bits per heavy atom. The van der Waals surface area contributed by atoms with Crippen LogP contribution >= 0.6 is 0 Å². The number of ether oxygens (including phenoxy) is 4. The van der Waals surface area contributed by atoms with Crippen LogP contribution < -0.4 is 4.74 Å². The number of fused-ring (bicyclic) bond motifs is 1. The number of halogens is 1. The van der Waals surface area contributed by atoms with Crippen molar-refractivity contribution in [2.24, 2.45) is 0 Å². The summed E-state index contributed by atoms with van der Waals surface area (Å²) >= 11 is 0. The topological polar surface area (TPSA) is 36.9 Å². The first-order valence-corrected chi connectivity index (χ1v) is 9.69. The quantitative estimate of drug-likeness (QED) is 0.559. The highest BCUT2D eigenvalue weighted by molar-refractivity contribution is 5.82. The standard InChI is InChI=1S/C24H25FO4/c1-24(2)28-15-22(29-24)23(26-3)19-11-20(25)13-21(12-19)27-14-16-8-9-17-6-4-5-7-18(17)10-16/h4-13,22-23H,14-15H2,1-3H3/t22-,23-/m1/s1. The van der Waals surface area contributed by atoms with Crippen molar-refractivity contribution in [1.82, 2.24) is 0 Å². The maximum atomic E-state index is 14.3. The van der Waals surface area contributed by atoms with E-state index in [2.05, 4.69) is 24.3 Å². The first-order valence-electron chi connectivity index (χ1n) is 9.69. The predicted molar refractivity (Wildman–Crippen MR) is 109 cm³/mol. The summed E-state index contributed by atoms with van der Waals surface area (Å²) in [6.45, 7) is 4.43. The molecule has 0 spiro atoms. The molecule has 0 unspecified atom stereocenters. The number of rotatable bonds is 6. The predicted octanol–water partition coefficient (Wildman–Crippen LogP) is 5.40. The van der Waals surface area contributed by atoms with Crippen LogP contribution in [0.1, 0.15) is 31.1 Å². The van der Waals surface area contributed by atoms with Crippen LogP contribution in [0.4, 0.5) is 4.39 Å². The molecule has 1 aliphatic rings. The number of methoxy groups -OCH3 is 1. The highest BCUT2D eigenvalue weighted by Crippen LogP contribution is 2.34. The zero-order valence-electron chi connectivity index (χ0n) is 16.9. The van der Waals surface area contributed by atoms with E-state index in [1.54, 1.807) is 13.2 Å². The lowest BCUT2D eigenvalue weighted by molar-refractivity contribution is -0.154. The monoisotopic (exact) mass is 396 g/mol. The van der Waals surface area contributed by atoms with Crippen molar-refractivity contribution in [2.75, 3.05) is 13.7 Å². The first kappa shape index (κ1) is 19.8. The van der Waals surface area contributed by atoms with Gasteiger partial charge in [-0.25, -0.2) is 4.39 Å². The fourth-order valence-electron chi connectivity index (χ4n) is 3.69. The van der Waals surface area contributed by atoms with Crippen LogP contribution in [0.5, 0.6) is 5.75 Å². The minimum atomic E-state index is -0.676. The number of benzene rings is 3. The van der Waals surface area contributed by atoms with Gasteiger partial charge in [0.05, 0.1) is 6.61 Å². The van der Waals surface area contributed by atoms with Gasteiger partial charge in [0.25, 0.3) is 0 Å². The van der Waals surface area contributed by atoms with Crippen molar-refractivity contribution in [2.45, 2.75) is 38.4 Å². The third-order valence-corrected chi connectivity index (χ3v) is 5.06. The average Bonchev–Trinajstić information content (AvgIpc) is 3.06. The largest absolute Gasteiger partial charge is 0.489 e. The van der Waals surface area contributed by atoms with Crippen molar-refractivity contribution in [3.05, 3.63) is 77.6 Å². The van der Waals surface area contributed by atoms with Gasteiger partial charge in [0.15, 0.2) is 5.79 Å². The summed E-state index contributed by atoms with van der Waals surface area (Å²) in [6.07, 6.45) is -0.763. The van der Waals surface area contributed by atoms with Gasteiger partial charge in [-0.1, -0.05) is 36.4 Å². The van der Waals surface area contributed by atoms with Gasteiger partial charge in [0.2, 0.25) is 0 Å². The molecule has 1 aliphatic heterocycles. The van der Waals surface area contributed by atoms with E-state index < -0.39 is 11.9 Å². The molecule has 0 bridgehead atoms. The van der Waals surface area contributed by atoms with Crippen molar-refractivity contribution in [3.8, 4) is 5.75 Å². The minimum absolute atomic E-state index is 0.315. The van der Waals surface area contributed by atoms with Crippen LogP contribution in [-0.4, -0.2) is 25.6 Å². The normalized spacial score (nSPS) is 19.4. The van der Waals surface area contributed by atoms with Gasteiger partial charge < -0.3 is 18.9 Å². The molecule has 5 heteroatoms. The summed E-state index contributed by atoms with van der Waals surface area (Å²) in [5.41, 5.74) is 1.68. The average molecular weight is 396 g/mol. The third-order valence-electron chi connectivity index (χ3n) is 5.06. The van der Waals surface area contributed by atoms with Gasteiger partial charge in [-0.05, 0) is 53.9 Å². The molecule has 0 N–H and O–H groups in total. The second-order valence-corrected chi connectivity index (χ2v) is 7.71.